The summed E-state index contributed by atoms with van der Waals surface area (Å²) in [6, 6.07) is 5.55. The van der Waals surface area contributed by atoms with Gasteiger partial charge in [-0.05, 0) is 38.1 Å². The van der Waals surface area contributed by atoms with Gasteiger partial charge in [0.15, 0.2) is 0 Å². The Bertz CT molecular complexity index is 339. The van der Waals surface area contributed by atoms with Crippen LogP contribution in [0.4, 0.5) is 10.1 Å². The van der Waals surface area contributed by atoms with Crippen molar-refractivity contribution in [3.8, 4) is 0 Å². The van der Waals surface area contributed by atoms with E-state index in [9.17, 15) is 4.39 Å². The van der Waals surface area contributed by atoms with Gasteiger partial charge < -0.3 is 5.73 Å². The van der Waals surface area contributed by atoms with Gasteiger partial charge in [0.2, 0.25) is 0 Å². The highest BCUT2D eigenvalue weighted by molar-refractivity contribution is 5.41. The van der Waals surface area contributed by atoms with E-state index < -0.39 is 0 Å². The van der Waals surface area contributed by atoms with Gasteiger partial charge in [-0.15, -0.1) is 0 Å². The second kappa shape index (κ2) is 5.85. The normalized spacial score (nSPS) is 13.1. The predicted molar refractivity (Wildman–Crippen MR) is 66.6 cm³/mol. The second-order valence-corrected chi connectivity index (χ2v) is 4.41. The molecule has 90 valence electrons. The summed E-state index contributed by atoms with van der Waals surface area (Å²) in [5, 5.41) is 0. The minimum atomic E-state index is -0.325. The maximum Gasteiger partial charge on any atom is 0.146 e. The molecular weight excluding hydrogens is 203 g/mol. The number of nitrogens with two attached hydrogens (primary N) is 1. The minimum absolute atomic E-state index is 0.216. The maximum atomic E-state index is 13.2. The molecule has 16 heavy (non-hydrogen) atoms. The number of nitrogen functional groups attached to an aromatic ring is 1. The molecule has 0 aliphatic rings. The van der Waals surface area contributed by atoms with Gasteiger partial charge in [-0.3, -0.25) is 4.90 Å². The summed E-state index contributed by atoms with van der Waals surface area (Å²) in [7, 11) is 2.06. The molecule has 0 amide bonds. The van der Waals surface area contributed by atoms with Gasteiger partial charge in [0.25, 0.3) is 0 Å². The highest BCUT2D eigenvalue weighted by Gasteiger charge is 2.09. The molecule has 1 unspecified atom stereocenters. The van der Waals surface area contributed by atoms with Crippen LogP contribution in [0, 0.1) is 5.82 Å². The van der Waals surface area contributed by atoms with E-state index in [1.54, 1.807) is 6.07 Å². The Kier molecular flexibility index (Phi) is 4.74. The number of hydrogen-bond donors (Lipinski definition) is 1. The predicted octanol–water partition coefficient (Wildman–Crippen LogP) is 3.03. The Hall–Kier alpha value is -1.09. The molecule has 1 aromatic rings. The van der Waals surface area contributed by atoms with Crippen molar-refractivity contribution in [2.75, 3.05) is 12.8 Å². The zero-order valence-electron chi connectivity index (χ0n) is 10.3. The first-order valence-corrected chi connectivity index (χ1v) is 5.78. The number of benzene rings is 1. The van der Waals surface area contributed by atoms with Crippen molar-refractivity contribution < 1.29 is 4.39 Å². The molecule has 0 radical (unpaired) electrons. The molecule has 1 rings (SSSR count). The summed E-state index contributed by atoms with van der Waals surface area (Å²) in [6.45, 7) is 5.13. The van der Waals surface area contributed by atoms with Crippen LogP contribution in [-0.2, 0) is 6.54 Å². The molecule has 0 saturated heterocycles. The molecule has 0 heterocycles. The van der Waals surface area contributed by atoms with Gasteiger partial charge >= 0.3 is 0 Å². The van der Waals surface area contributed by atoms with E-state index in [4.69, 9.17) is 5.73 Å². The lowest BCUT2D eigenvalue weighted by Crippen LogP contribution is -2.28. The monoisotopic (exact) mass is 224 g/mol. The minimum Gasteiger partial charge on any atom is -0.396 e. The van der Waals surface area contributed by atoms with Crippen LogP contribution in [0.25, 0.3) is 0 Å². The Morgan fingerprint density at radius 2 is 2.12 bits per heavy atom. The molecule has 0 saturated carbocycles. The number of hydrogen-bond acceptors (Lipinski definition) is 2. The van der Waals surface area contributed by atoms with E-state index in [0.29, 0.717) is 6.04 Å². The van der Waals surface area contributed by atoms with Gasteiger partial charge in [-0.1, -0.05) is 19.4 Å². The average molecular weight is 224 g/mol. The van der Waals surface area contributed by atoms with Crippen LogP contribution in [0.3, 0.4) is 0 Å². The Morgan fingerprint density at radius 1 is 1.44 bits per heavy atom. The van der Waals surface area contributed by atoms with Gasteiger partial charge in [0, 0.05) is 12.6 Å². The third-order valence-electron chi connectivity index (χ3n) is 2.96. The molecule has 3 heteroatoms. The molecule has 1 aromatic carbocycles. The molecule has 0 aliphatic heterocycles. The van der Waals surface area contributed by atoms with Crippen molar-refractivity contribution >= 4 is 5.69 Å². The summed E-state index contributed by atoms with van der Waals surface area (Å²) in [5.74, 6) is -0.325. The van der Waals surface area contributed by atoms with E-state index in [1.807, 2.05) is 6.07 Å². The van der Waals surface area contributed by atoms with Crippen molar-refractivity contribution in [2.24, 2.45) is 0 Å². The lowest BCUT2D eigenvalue weighted by Gasteiger charge is -2.24. The van der Waals surface area contributed by atoms with Crippen molar-refractivity contribution in [3.05, 3.63) is 29.6 Å². The third-order valence-corrected chi connectivity index (χ3v) is 2.96. The maximum absolute atomic E-state index is 13.2. The van der Waals surface area contributed by atoms with E-state index in [-0.39, 0.29) is 11.5 Å². The van der Waals surface area contributed by atoms with E-state index in [2.05, 4.69) is 25.8 Å². The van der Waals surface area contributed by atoms with Crippen LogP contribution in [-0.4, -0.2) is 18.0 Å². The summed E-state index contributed by atoms with van der Waals surface area (Å²) in [4.78, 5) is 2.23. The van der Waals surface area contributed by atoms with Gasteiger partial charge in [-0.2, -0.15) is 0 Å². The highest BCUT2D eigenvalue weighted by atomic mass is 19.1. The molecule has 0 spiro atoms. The molecular formula is C13H21FN2. The van der Waals surface area contributed by atoms with Gasteiger partial charge in [0.05, 0.1) is 5.69 Å². The second-order valence-electron chi connectivity index (χ2n) is 4.41. The average Bonchev–Trinajstić information content (AvgIpc) is 2.24. The van der Waals surface area contributed by atoms with Crippen LogP contribution >= 0.6 is 0 Å². The van der Waals surface area contributed by atoms with Gasteiger partial charge in [-0.25, -0.2) is 4.39 Å². The van der Waals surface area contributed by atoms with Crippen LogP contribution < -0.4 is 5.73 Å². The SMILES string of the molecule is CCCC(C)N(C)Cc1ccc(N)c(F)c1. The molecule has 1 atom stereocenters. The molecule has 0 fully saturated rings. The number of nitrogens with zero attached hydrogens (tertiary/aromatic N) is 1. The zero-order valence-corrected chi connectivity index (χ0v) is 10.3. The smallest absolute Gasteiger partial charge is 0.146 e. The quantitative estimate of drug-likeness (QED) is 0.779. The van der Waals surface area contributed by atoms with Crippen molar-refractivity contribution in [1.82, 2.24) is 4.90 Å². The lowest BCUT2D eigenvalue weighted by molar-refractivity contribution is 0.236. The lowest BCUT2D eigenvalue weighted by atomic mass is 10.1. The molecule has 0 aromatic heterocycles. The first-order valence-electron chi connectivity index (χ1n) is 5.78. The largest absolute Gasteiger partial charge is 0.396 e. The third kappa shape index (κ3) is 3.49. The molecule has 2 N–H and O–H groups in total. The van der Waals surface area contributed by atoms with Crippen LogP contribution in [0.2, 0.25) is 0 Å². The summed E-state index contributed by atoms with van der Waals surface area (Å²) in [5.41, 5.74) is 6.62. The summed E-state index contributed by atoms with van der Waals surface area (Å²) >= 11 is 0. The van der Waals surface area contributed by atoms with Crippen molar-refractivity contribution in [1.29, 1.82) is 0 Å². The Labute approximate surface area is 97.3 Å². The number of rotatable bonds is 5. The fourth-order valence-electron chi connectivity index (χ4n) is 1.75. The number of anilines is 1. The van der Waals surface area contributed by atoms with E-state index in [0.717, 1.165) is 18.5 Å². The standard InChI is InChI=1S/C13H21FN2/c1-4-5-10(2)16(3)9-11-6-7-13(15)12(14)8-11/h6-8,10H,4-5,9,15H2,1-3H3. The van der Waals surface area contributed by atoms with Crippen molar-refractivity contribution in [2.45, 2.75) is 39.3 Å². The van der Waals surface area contributed by atoms with Crippen molar-refractivity contribution in [3.63, 3.8) is 0 Å². The van der Waals surface area contributed by atoms with E-state index in [1.165, 1.54) is 12.5 Å². The zero-order chi connectivity index (χ0) is 12.1. The fourth-order valence-corrected chi connectivity index (χ4v) is 1.75. The fraction of sp³-hybridized carbons (Fsp3) is 0.538. The first kappa shape index (κ1) is 13.0. The van der Waals surface area contributed by atoms with Gasteiger partial charge in [0.1, 0.15) is 5.82 Å². The number of halogens is 1. The molecule has 0 aliphatic carbocycles. The molecule has 2 nitrogen and oxygen atoms in total. The Balaban J connectivity index is 2.62. The van der Waals surface area contributed by atoms with Crippen LogP contribution in [0.1, 0.15) is 32.3 Å². The topological polar surface area (TPSA) is 29.3 Å². The summed E-state index contributed by atoms with van der Waals surface area (Å²) in [6.07, 6.45) is 2.33. The first-order chi connectivity index (χ1) is 7.54. The Morgan fingerprint density at radius 3 is 2.69 bits per heavy atom. The molecule has 0 bridgehead atoms. The summed E-state index contributed by atoms with van der Waals surface area (Å²) < 4.78 is 13.2. The highest BCUT2D eigenvalue weighted by Crippen LogP contribution is 2.15. The van der Waals surface area contributed by atoms with Crippen LogP contribution in [0.15, 0.2) is 18.2 Å². The van der Waals surface area contributed by atoms with E-state index >= 15 is 0 Å². The van der Waals surface area contributed by atoms with Crippen LogP contribution in [0.5, 0.6) is 0 Å².